The van der Waals surface area contributed by atoms with E-state index in [9.17, 15) is 18.0 Å². The van der Waals surface area contributed by atoms with Crippen LogP contribution in [0.1, 0.15) is 24.1 Å². The Morgan fingerprint density at radius 1 is 1.43 bits per heavy atom. The molecular weight excluding hydrogens is 329 g/mol. The number of hydrogen-bond donors (Lipinski definition) is 3. The van der Waals surface area contributed by atoms with Gasteiger partial charge < -0.3 is 5.32 Å². The Labute approximate surface area is 129 Å². The fourth-order valence-electron chi connectivity index (χ4n) is 1.34. The minimum absolute atomic E-state index is 0.0411. The van der Waals surface area contributed by atoms with Gasteiger partial charge in [-0.05, 0) is 25.2 Å². The van der Waals surface area contributed by atoms with Crippen LogP contribution in [0.2, 0.25) is 5.02 Å². The van der Waals surface area contributed by atoms with Crippen molar-refractivity contribution >= 4 is 34.8 Å². The number of nitrogens with one attached hydrogen (secondary N) is 3. The van der Waals surface area contributed by atoms with Crippen molar-refractivity contribution in [2.24, 2.45) is 0 Å². The number of hydrogen-bond acceptors (Lipinski definition) is 3. The van der Waals surface area contributed by atoms with Crippen molar-refractivity contribution < 1.29 is 18.0 Å². The standard InChI is InChI=1S/C11H12ClF3N4OS/c1-5(9(20)18-19-10(21)16-2)8-7(12)3-6(4-17-8)11(13,14)15/h3-5H,1-2H3,(H,18,20)(H2,16,19,21)/t5-/m0/s1. The molecule has 0 spiro atoms. The van der Waals surface area contributed by atoms with E-state index < -0.39 is 23.6 Å². The van der Waals surface area contributed by atoms with Crippen LogP contribution in [0.5, 0.6) is 0 Å². The molecule has 0 saturated carbocycles. The van der Waals surface area contributed by atoms with Crippen molar-refractivity contribution in [3.8, 4) is 0 Å². The summed E-state index contributed by atoms with van der Waals surface area (Å²) in [5.74, 6) is -1.39. The van der Waals surface area contributed by atoms with E-state index in [1.807, 2.05) is 0 Å². The molecule has 3 N–H and O–H groups in total. The van der Waals surface area contributed by atoms with Crippen LogP contribution in [-0.4, -0.2) is 23.1 Å². The molecule has 1 atom stereocenters. The third-order valence-electron chi connectivity index (χ3n) is 2.53. The Kier molecular flexibility index (Phi) is 5.73. The van der Waals surface area contributed by atoms with Crippen LogP contribution >= 0.6 is 23.8 Å². The summed E-state index contributed by atoms with van der Waals surface area (Å²) >= 11 is 10.5. The summed E-state index contributed by atoms with van der Waals surface area (Å²) in [6.07, 6.45) is -3.90. The first-order chi connectivity index (χ1) is 9.66. The van der Waals surface area contributed by atoms with E-state index in [0.717, 1.165) is 6.07 Å². The molecule has 1 heterocycles. The zero-order valence-corrected chi connectivity index (χ0v) is 12.6. The molecule has 1 aromatic heterocycles. The Hall–Kier alpha value is -1.61. The summed E-state index contributed by atoms with van der Waals surface area (Å²) in [5, 5.41) is 2.52. The molecule has 0 aliphatic carbocycles. The minimum Gasteiger partial charge on any atom is -0.364 e. The number of thiocarbonyl (C=S) groups is 1. The third kappa shape index (κ3) is 4.71. The van der Waals surface area contributed by atoms with Crippen LogP contribution in [-0.2, 0) is 11.0 Å². The van der Waals surface area contributed by atoms with Gasteiger partial charge in [0.25, 0.3) is 0 Å². The summed E-state index contributed by atoms with van der Waals surface area (Å²) < 4.78 is 37.5. The second-order valence-electron chi connectivity index (χ2n) is 4.00. The maximum atomic E-state index is 12.5. The van der Waals surface area contributed by atoms with Gasteiger partial charge in [0.2, 0.25) is 5.91 Å². The molecule has 1 aromatic rings. The van der Waals surface area contributed by atoms with Crippen molar-refractivity contribution in [1.82, 2.24) is 21.2 Å². The van der Waals surface area contributed by atoms with E-state index in [4.69, 9.17) is 23.8 Å². The van der Waals surface area contributed by atoms with Crippen molar-refractivity contribution in [1.29, 1.82) is 0 Å². The monoisotopic (exact) mass is 340 g/mol. The lowest BCUT2D eigenvalue weighted by molar-refractivity contribution is -0.137. The molecule has 116 valence electrons. The number of hydrazine groups is 1. The van der Waals surface area contributed by atoms with Crippen molar-refractivity contribution in [3.63, 3.8) is 0 Å². The first-order valence-electron chi connectivity index (χ1n) is 5.67. The van der Waals surface area contributed by atoms with Gasteiger partial charge in [-0.1, -0.05) is 11.6 Å². The lowest BCUT2D eigenvalue weighted by Crippen LogP contribution is -2.47. The number of carbonyl (C=O) groups excluding carboxylic acids is 1. The predicted molar refractivity (Wildman–Crippen MR) is 75.6 cm³/mol. The summed E-state index contributed by atoms with van der Waals surface area (Å²) in [5.41, 5.74) is 3.77. The molecular formula is C11H12ClF3N4OS. The smallest absolute Gasteiger partial charge is 0.364 e. The van der Waals surface area contributed by atoms with Crippen LogP contribution in [0.25, 0.3) is 0 Å². The normalized spacial score (nSPS) is 12.5. The summed E-state index contributed by atoms with van der Waals surface area (Å²) in [4.78, 5) is 15.4. The number of carbonyl (C=O) groups is 1. The summed E-state index contributed by atoms with van der Waals surface area (Å²) in [6.45, 7) is 1.46. The summed E-state index contributed by atoms with van der Waals surface area (Å²) in [6, 6.07) is 0.735. The Balaban J connectivity index is 2.85. The summed E-state index contributed by atoms with van der Waals surface area (Å²) in [7, 11) is 1.55. The van der Waals surface area contributed by atoms with Crippen LogP contribution in [0, 0.1) is 0 Å². The molecule has 21 heavy (non-hydrogen) atoms. The fourth-order valence-corrected chi connectivity index (χ4v) is 1.72. The van der Waals surface area contributed by atoms with Crippen molar-refractivity contribution in [2.45, 2.75) is 19.0 Å². The van der Waals surface area contributed by atoms with Gasteiger partial charge in [-0.15, -0.1) is 0 Å². The zero-order chi connectivity index (χ0) is 16.2. The largest absolute Gasteiger partial charge is 0.417 e. The highest BCUT2D eigenvalue weighted by Gasteiger charge is 2.32. The zero-order valence-electron chi connectivity index (χ0n) is 11.0. The fraction of sp³-hybridized carbons (Fsp3) is 0.364. The Bertz CT molecular complexity index is 553. The van der Waals surface area contributed by atoms with E-state index in [1.165, 1.54) is 6.92 Å². The molecule has 0 fully saturated rings. The molecule has 0 saturated heterocycles. The topological polar surface area (TPSA) is 66.0 Å². The molecule has 0 radical (unpaired) electrons. The van der Waals surface area contributed by atoms with Crippen LogP contribution in [0.4, 0.5) is 13.2 Å². The van der Waals surface area contributed by atoms with Crippen molar-refractivity contribution in [3.05, 3.63) is 28.5 Å². The van der Waals surface area contributed by atoms with Gasteiger partial charge in [-0.2, -0.15) is 13.2 Å². The molecule has 0 aromatic carbocycles. The van der Waals surface area contributed by atoms with Gasteiger partial charge in [0, 0.05) is 13.2 Å². The van der Waals surface area contributed by atoms with Crippen LogP contribution < -0.4 is 16.2 Å². The number of nitrogens with zero attached hydrogens (tertiary/aromatic N) is 1. The van der Waals surface area contributed by atoms with Crippen molar-refractivity contribution in [2.75, 3.05) is 7.05 Å². The minimum atomic E-state index is -4.54. The Morgan fingerprint density at radius 3 is 2.52 bits per heavy atom. The van der Waals surface area contributed by atoms with Gasteiger partial charge in [-0.25, -0.2) is 0 Å². The molecule has 5 nitrogen and oxygen atoms in total. The maximum absolute atomic E-state index is 12.5. The number of halogens is 4. The number of pyridine rings is 1. The van der Waals surface area contributed by atoms with E-state index in [-0.39, 0.29) is 15.8 Å². The maximum Gasteiger partial charge on any atom is 0.417 e. The number of alkyl halides is 3. The van der Waals surface area contributed by atoms with E-state index >= 15 is 0 Å². The molecule has 0 bridgehead atoms. The molecule has 0 unspecified atom stereocenters. The van der Waals surface area contributed by atoms with Gasteiger partial charge >= 0.3 is 6.18 Å². The van der Waals surface area contributed by atoms with E-state index in [0.29, 0.717) is 6.20 Å². The number of amides is 1. The lowest BCUT2D eigenvalue weighted by atomic mass is 10.1. The molecule has 1 rings (SSSR count). The number of aromatic nitrogens is 1. The van der Waals surface area contributed by atoms with E-state index in [2.05, 4.69) is 21.2 Å². The Morgan fingerprint density at radius 2 is 2.05 bits per heavy atom. The molecule has 0 aliphatic heterocycles. The predicted octanol–water partition coefficient (Wildman–Crippen LogP) is 1.98. The average molecular weight is 341 g/mol. The van der Waals surface area contributed by atoms with Gasteiger partial charge in [0.05, 0.1) is 22.2 Å². The lowest BCUT2D eigenvalue weighted by Gasteiger charge is -2.15. The SMILES string of the molecule is CNC(=S)NNC(=O)[C@@H](C)c1ncc(C(F)(F)F)cc1Cl. The van der Waals surface area contributed by atoms with Crippen LogP contribution in [0.15, 0.2) is 12.3 Å². The molecule has 0 aliphatic rings. The van der Waals surface area contributed by atoms with E-state index in [1.54, 1.807) is 7.05 Å². The van der Waals surface area contributed by atoms with Gasteiger partial charge in [0.1, 0.15) is 0 Å². The second-order valence-corrected chi connectivity index (χ2v) is 4.82. The highest BCUT2D eigenvalue weighted by atomic mass is 35.5. The first kappa shape index (κ1) is 17.4. The third-order valence-corrected chi connectivity index (χ3v) is 3.14. The average Bonchev–Trinajstić information content (AvgIpc) is 2.42. The highest BCUT2D eigenvalue weighted by Crippen LogP contribution is 2.32. The molecule has 10 heteroatoms. The number of rotatable bonds is 2. The second kappa shape index (κ2) is 6.90. The van der Waals surface area contributed by atoms with Gasteiger partial charge in [0.15, 0.2) is 5.11 Å². The quantitative estimate of drug-likeness (QED) is 0.567. The van der Waals surface area contributed by atoms with Gasteiger partial charge in [-0.3, -0.25) is 20.6 Å². The van der Waals surface area contributed by atoms with Crippen LogP contribution in [0.3, 0.4) is 0 Å². The highest BCUT2D eigenvalue weighted by molar-refractivity contribution is 7.80. The molecule has 1 amide bonds. The first-order valence-corrected chi connectivity index (χ1v) is 6.45.